The molecule has 0 atom stereocenters. The number of carbonyl (C=O) groups excluding carboxylic acids is 1. The Morgan fingerprint density at radius 1 is 1.26 bits per heavy atom. The molecule has 1 amide bonds. The summed E-state index contributed by atoms with van der Waals surface area (Å²) < 4.78 is 1.56. The van der Waals surface area contributed by atoms with Crippen molar-refractivity contribution in [1.82, 2.24) is 14.8 Å². The van der Waals surface area contributed by atoms with E-state index in [1.165, 1.54) is 12.8 Å². The largest absolute Gasteiger partial charge is 0.370 e. The Morgan fingerprint density at radius 3 is 2.85 bits per heavy atom. The number of anilines is 3. The Kier molecular flexibility index (Phi) is 4.50. The third-order valence-electron chi connectivity index (χ3n) is 4.57. The zero-order chi connectivity index (χ0) is 18.8. The molecular weight excluding hydrogens is 340 g/mol. The molecule has 0 spiro atoms. The molecule has 7 heteroatoms. The first-order valence-corrected chi connectivity index (χ1v) is 8.99. The summed E-state index contributed by atoms with van der Waals surface area (Å²) in [6.07, 6.45) is 6.17. The monoisotopic (exact) mass is 362 g/mol. The molecule has 4 N–H and O–H groups in total. The van der Waals surface area contributed by atoms with Crippen LogP contribution in [0.5, 0.6) is 0 Å². The Hall–Kier alpha value is -3.35. The van der Waals surface area contributed by atoms with Crippen LogP contribution >= 0.6 is 0 Å². The van der Waals surface area contributed by atoms with Gasteiger partial charge in [-0.2, -0.15) is 5.10 Å². The van der Waals surface area contributed by atoms with Crippen molar-refractivity contribution in [3.8, 4) is 11.1 Å². The number of benzene rings is 1. The zero-order valence-electron chi connectivity index (χ0n) is 15.1. The van der Waals surface area contributed by atoms with Gasteiger partial charge in [0, 0.05) is 31.7 Å². The molecule has 0 saturated heterocycles. The summed E-state index contributed by atoms with van der Waals surface area (Å²) in [6, 6.07) is 12.0. The number of carbonyl (C=O) groups is 1. The second-order valence-electron chi connectivity index (χ2n) is 6.89. The number of aryl methyl sites for hydroxylation is 1. The number of nitrogens with zero attached hydrogens (tertiary/aromatic N) is 3. The molecule has 138 valence electrons. The minimum Gasteiger partial charge on any atom is -0.370 e. The van der Waals surface area contributed by atoms with Crippen LogP contribution < -0.4 is 16.4 Å². The molecule has 2 aromatic heterocycles. The molecule has 0 radical (unpaired) electrons. The molecule has 1 saturated carbocycles. The lowest BCUT2D eigenvalue weighted by molar-refractivity contribution is 0.0995. The van der Waals surface area contributed by atoms with Gasteiger partial charge in [-0.1, -0.05) is 12.1 Å². The molecular formula is C20H22N6O. The fourth-order valence-corrected chi connectivity index (χ4v) is 2.97. The average molecular weight is 362 g/mol. The lowest BCUT2D eigenvalue weighted by Crippen LogP contribution is -2.13. The van der Waals surface area contributed by atoms with Crippen molar-refractivity contribution in [3.05, 3.63) is 54.5 Å². The van der Waals surface area contributed by atoms with Gasteiger partial charge in [0.25, 0.3) is 5.91 Å². The first-order valence-electron chi connectivity index (χ1n) is 8.99. The fourth-order valence-electron chi connectivity index (χ4n) is 2.97. The van der Waals surface area contributed by atoms with E-state index in [0.29, 0.717) is 5.69 Å². The lowest BCUT2D eigenvalue weighted by Gasteiger charge is -2.10. The van der Waals surface area contributed by atoms with Crippen LogP contribution in [0.25, 0.3) is 11.1 Å². The van der Waals surface area contributed by atoms with Gasteiger partial charge in [0.05, 0.1) is 5.69 Å². The molecule has 0 unspecified atom stereocenters. The first kappa shape index (κ1) is 17.1. The second kappa shape index (κ2) is 7.11. The van der Waals surface area contributed by atoms with Crippen LogP contribution in [0.3, 0.4) is 0 Å². The van der Waals surface area contributed by atoms with E-state index in [1.54, 1.807) is 17.9 Å². The minimum atomic E-state index is -0.560. The predicted molar refractivity (Wildman–Crippen MR) is 106 cm³/mol. The first-order chi connectivity index (χ1) is 13.1. The number of pyridine rings is 1. The van der Waals surface area contributed by atoms with Gasteiger partial charge in [-0.3, -0.25) is 9.48 Å². The van der Waals surface area contributed by atoms with E-state index in [1.807, 2.05) is 36.5 Å². The van der Waals surface area contributed by atoms with Gasteiger partial charge in [0.2, 0.25) is 0 Å². The van der Waals surface area contributed by atoms with Crippen molar-refractivity contribution in [2.24, 2.45) is 18.7 Å². The molecule has 3 aromatic rings. The number of rotatable bonds is 7. The Balaban J connectivity index is 1.55. The van der Waals surface area contributed by atoms with Crippen LogP contribution in [-0.4, -0.2) is 27.2 Å². The number of nitrogens with one attached hydrogen (secondary N) is 2. The normalized spacial score (nSPS) is 13.4. The SMILES string of the molecule is Cn1cc(Nc2cccc(-c3ccnc(NCC4CC4)c3)c2)c(C(N)=O)n1. The van der Waals surface area contributed by atoms with E-state index in [-0.39, 0.29) is 5.69 Å². The molecule has 1 aliphatic rings. The molecule has 1 fully saturated rings. The van der Waals surface area contributed by atoms with E-state index in [9.17, 15) is 4.79 Å². The third-order valence-corrected chi connectivity index (χ3v) is 4.57. The fraction of sp³-hybridized carbons (Fsp3) is 0.250. The number of nitrogens with two attached hydrogens (primary N) is 1. The predicted octanol–water partition coefficient (Wildman–Crippen LogP) is 3.15. The van der Waals surface area contributed by atoms with Gasteiger partial charge in [-0.25, -0.2) is 4.98 Å². The average Bonchev–Trinajstić information content (AvgIpc) is 3.42. The van der Waals surface area contributed by atoms with Crippen molar-refractivity contribution in [3.63, 3.8) is 0 Å². The standard InChI is InChI=1S/C20H22N6O/c1-26-12-17(19(25-26)20(21)27)24-16-4-2-3-14(9-16)15-7-8-22-18(10-15)23-11-13-5-6-13/h2-4,7-10,12-13,24H,5-6,11H2,1H3,(H2,21,27)(H,22,23). The summed E-state index contributed by atoms with van der Waals surface area (Å²) in [5, 5.41) is 10.7. The molecule has 1 aromatic carbocycles. The van der Waals surface area contributed by atoms with Gasteiger partial charge < -0.3 is 16.4 Å². The maximum Gasteiger partial charge on any atom is 0.271 e. The van der Waals surface area contributed by atoms with Crippen LogP contribution in [0.2, 0.25) is 0 Å². The van der Waals surface area contributed by atoms with Gasteiger partial charge in [0.1, 0.15) is 5.82 Å². The molecule has 4 rings (SSSR count). The van der Waals surface area contributed by atoms with Crippen molar-refractivity contribution >= 4 is 23.1 Å². The van der Waals surface area contributed by atoms with Gasteiger partial charge >= 0.3 is 0 Å². The highest BCUT2D eigenvalue weighted by atomic mass is 16.1. The Bertz CT molecular complexity index is 976. The number of primary amides is 1. The Morgan fingerprint density at radius 2 is 2.07 bits per heavy atom. The molecule has 7 nitrogen and oxygen atoms in total. The third kappa shape index (κ3) is 4.08. The topological polar surface area (TPSA) is 97.9 Å². The van der Waals surface area contributed by atoms with E-state index in [2.05, 4.69) is 26.8 Å². The van der Waals surface area contributed by atoms with Crippen molar-refractivity contribution in [1.29, 1.82) is 0 Å². The molecule has 0 aliphatic heterocycles. The molecule has 2 heterocycles. The highest BCUT2D eigenvalue weighted by molar-refractivity contribution is 5.97. The number of amides is 1. The summed E-state index contributed by atoms with van der Waals surface area (Å²) in [5.74, 6) is 1.12. The van der Waals surface area contributed by atoms with Crippen LogP contribution in [0.15, 0.2) is 48.8 Å². The second-order valence-corrected chi connectivity index (χ2v) is 6.89. The summed E-state index contributed by atoms with van der Waals surface area (Å²) in [6.45, 7) is 0.981. The maximum absolute atomic E-state index is 11.6. The van der Waals surface area contributed by atoms with Gasteiger partial charge in [0.15, 0.2) is 5.69 Å². The van der Waals surface area contributed by atoms with E-state index in [4.69, 9.17) is 5.73 Å². The zero-order valence-corrected chi connectivity index (χ0v) is 15.1. The quantitative estimate of drug-likeness (QED) is 0.600. The summed E-state index contributed by atoms with van der Waals surface area (Å²) in [5.41, 5.74) is 9.20. The Labute approximate surface area is 157 Å². The van der Waals surface area contributed by atoms with Crippen LogP contribution in [-0.2, 0) is 7.05 Å². The molecule has 0 bridgehead atoms. The van der Waals surface area contributed by atoms with Gasteiger partial charge in [-0.05, 0) is 54.2 Å². The van der Waals surface area contributed by atoms with Crippen LogP contribution in [0.4, 0.5) is 17.2 Å². The smallest absolute Gasteiger partial charge is 0.271 e. The highest BCUT2D eigenvalue weighted by Crippen LogP contribution is 2.30. The highest BCUT2D eigenvalue weighted by Gasteiger charge is 2.20. The van der Waals surface area contributed by atoms with E-state index >= 15 is 0 Å². The number of hydrogen-bond acceptors (Lipinski definition) is 5. The van der Waals surface area contributed by atoms with Crippen molar-refractivity contribution < 1.29 is 4.79 Å². The van der Waals surface area contributed by atoms with Crippen molar-refractivity contribution in [2.45, 2.75) is 12.8 Å². The van der Waals surface area contributed by atoms with Crippen molar-refractivity contribution in [2.75, 3.05) is 17.2 Å². The summed E-state index contributed by atoms with van der Waals surface area (Å²) >= 11 is 0. The van der Waals surface area contributed by atoms with E-state index < -0.39 is 5.91 Å². The van der Waals surface area contributed by atoms with E-state index in [0.717, 1.165) is 35.1 Å². The van der Waals surface area contributed by atoms with Crippen LogP contribution in [0, 0.1) is 5.92 Å². The maximum atomic E-state index is 11.6. The molecule has 27 heavy (non-hydrogen) atoms. The minimum absolute atomic E-state index is 0.221. The molecule has 1 aliphatic carbocycles. The number of aromatic nitrogens is 3. The van der Waals surface area contributed by atoms with Crippen LogP contribution in [0.1, 0.15) is 23.3 Å². The van der Waals surface area contributed by atoms with Gasteiger partial charge in [-0.15, -0.1) is 0 Å². The lowest BCUT2D eigenvalue weighted by atomic mass is 10.1. The summed E-state index contributed by atoms with van der Waals surface area (Å²) in [4.78, 5) is 16.0. The number of hydrogen-bond donors (Lipinski definition) is 3. The summed E-state index contributed by atoms with van der Waals surface area (Å²) in [7, 11) is 1.75.